The van der Waals surface area contributed by atoms with Crippen LogP contribution in [0.2, 0.25) is 0 Å². The van der Waals surface area contributed by atoms with Crippen LogP contribution in [0.4, 0.5) is 22.0 Å². The van der Waals surface area contributed by atoms with Gasteiger partial charge in [-0.1, -0.05) is 6.58 Å². The molecule has 1 saturated carbocycles. The summed E-state index contributed by atoms with van der Waals surface area (Å²) < 4.78 is 5.64. The highest BCUT2D eigenvalue weighted by Gasteiger charge is 2.35. The molecule has 0 spiro atoms. The highest BCUT2D eigenvalue weighted by atomic mass is 32.1. The Morgan fingerprint density at radius 2 is 1.97 bits per heavy atom. The fourth-order valence-corrected chi connectivity index (χ4v) is 5.80. The molecule has 0 bridgehead atoms. The molecule has 2 aliphatic rings. The predicted octanol–water partition coefficient (Wildman–Crippen LogP) is 3.91. The van der Waals surface area contributed by atoms with Gasteiger partial charge in [-0.05, 0) is 49.6 Å². The average Bonchev–Trinajstić information content (AvgIpc) is 3.54. The molecule has 1 fully saturated rings. The number of amides is 4. The molecule has 0 saturated heterocycles. The second-order valence-corrected chi connectivity index (χ2v) is 9.93. The van der Waals surface area contributed by atoms with E-state index in [1.165, 1.54) is 28.5 Å². The maximum Gasteiger partial charge on any atom is 0.332 e. The molecule has 4 aromatic heterocycles. The molecule has 1 aliphatic heterocycles. The number of anilines is 3. The first-order valence-electron chi connectivity index (χ1n) is 12.2. The summed E-state index contributed by atoms with van der Waals surface area (Å²) in [5.74, 6) is 0.504. The van der Waals surface area contributed by atoms with Crippen LogP contribution < -0.4 is 25.6 Å². The number of nitrogens with zero attached hydrogens (tertiary/aromatic N) is 5. The molecule has 3 N–H and O–H groups in total. The second kappa shape index (κ2) is 10.1. The first-order chi connectivity index (χ1) is 19.0. The molecule has 4 aromatic rings. The van der Waals surface area contributed by atoms with Gasteiger partial charge >= 0.3 is 6.03 Å². The van der Waals surface area contributed by atoms with Crippen LogP contribution in [0.5, 0.6) is 11.6 Å². The maximum atomic E-state index is 13.4. The van der Waals surface area contributed by atoms with Crippen molar-refractivity contribution < 1.29 is 19.1 Å². The SMILES string of the molecule is C=CC(=O)N[C@H]1CCC[C@H]1NC(=O)c1sc2nccc3c2c1NC(=O)N3c1ccc(Oc2cccnn2)cn1. The lowest BCUT2D eigenvalue weighted by Crippen LogP contribution is -2.48. The third kappa shape index (κ3) is 4.63. The molecule has 12 nitrogen and oxygen atoms in total. The van der Waals surface area contributed by atoms with Crippen LogP contribution >= 0.6 is 11.3 Å². The van der Waals surface area contributed by atoms with E-state index in [2.05, 4.69) is 42.7 Å². The quantitative estimate of drug-likeness (QED) is 0.297. The zero-order chi connectivity index (χ0) is 26.9. The molecule has 5 heterocycles. The van der Waals surface area contributed by atoms with E-state index in [1.807, 2.05) is 0 Å². The molecule has 6 rings (SSSR count). The molecular weight excluding hydrogens is 520 g/mol. The summed E-state index contributed by atoms with van der Waals surface area (Å²) in [6.45, 7) is 3.49. The van der Waals surface area contributed by atoms with E-state index in [9.17, 15) is 14.4 Å². The maximum absolute atomic E-state index is 13.4. The van der Waals surface area contributed by atoms with Crippen molar-refractivity contribution >= 4 is 56.6 Å². The summed E-state index contributed by atoms with van der Waals surface area (Å²) >= 11 is 1.20. The van der Waals surface area contributed by atoms with Crippen molar-refractivity contribution in [3.63, 3.8) is 0 Å². The van der Waals surface area contributed by atoms with E-state index in [-0.39, 0.29) is 23.9 Å². The molecule has 1 aliphatic carbocycles. The van der Waals surface area contributed by atoms with Gasteiger partial charge < -0.3 is 20.7 Å². The molecule has 0 unspecified atom stereocenters. The average molecular weight is 543 g/mol. The number of aromatic nitrogens is 4. The Morgan fingerprint density at radius 1 is 1.13 bits per heavy atom. The topological polar surface area (TPSA) is 151 Å². The zero-order valence-electron chi connectivity index (χ0n) is 20.5. The molecule has 2 atom stereocenters. The minimum absolute atomic E-state index is 0.184. The fourth-order valence-electron chi connectivity index (χ4n) is 4.78. The number of ether oxygens (including phenoxy) is 1. The monoisotopic (exact) mass is 542 g/mol. The van der Waals surface area contributed by atoms with Crippen LogP contribution in [0, 0.1) is 0 Å². The summed E-state index contributed by atoms with van der Waals surface area (Å²) in [7, 11) is 0. The number of pyridine rings is 2. The number of urea groups is 1. The number of carbonyl (C=O) groups is 3. The molecule has 13 heteroatoms. The fraction of sp³-hybridized carbons (Fsp3) is 0.192. The van der Waals surface area contributed by atoms with Crippen molar-refractivity contribution in [3.05, 3.63) is 66.5 Å². The number of nitrogens with one attached hydrogen (secondary N) is 3. The normalized spacial score (nSPS) is 17.9. The van der Waals surface area contributed by atoms with E-state index in [0.717, 1.165) is 19.3 Å². The van der Waals surface area contributed by atoms with Gasteiger partial charge in [0.15, 0.2) is 0 Å². The summed E-state index contributed by atoms with van der Waals surface area (Å²) in [4.78, 5) is 49.7. The standard InChI is InChI=1S/C26H22N8O4S/c1-2-19(35)30-15-5-3-6-16(15)31-24(36)23-22-21-17(10-12-27-25(21)39-23)34(26(37)32-22)18-9-8-14(13-28-18)38-20-7-4-11-29-33-20/h2,4,7-13,15-16H,1,3,5-6H2,(H,30,35)(H,31,36)(H,32,37)/t15-,16+/m0/s1. The summed E-state index contributed by atoms with van der Waals surface area (Å²) in [6, 6.07) is 7.54. The summed E-state index contributed by atoms with van der Waals surface area (Å²) in [5, 5.41) is 17.1. The first kappa shape index (κ1) is 24.4. The third-order valence-electron chi connectivity index (χ3n) is 6.52. The van der Waals surface area contributed by atoms with Crippen molar-refractivity contribution in [2.24, 2.45) is 0 Å². The summed E-state index contributed by atoms with van der Waals surface area (Å²) in [6.07, 6.45) is 8.21. The van der Waals surface area contributed by atoms with Gasteiger partial charge in [-0.15, -0.1) is 16.4 Å². The van der Waals surface area contributed by atoms with Crippen molar-refractivity contribution in [3.8, 4) is 11.6 Å². The Balaban J connectivity index is 1.27. The van der Waals surface area contributed by atoms with Gasteiger partial charge in [0.2, 0.25) is 11.8 Å². The first-order valence-corrected chi connectivity index (χ1v) is 13.0. The van der Waals surface area contributed by atoms with Crippen molar-refractivity contribution in [1.82, 2.24) is 30.8 Å². The lowest BCUT2D eigenvalue weighted by molar-refractivity contribution is -0.117. The van der Waals surface area contributed by atoms with Crippen molar-refractivity contribution in [2.45, 2.75) is 31.3 Å². The molecular formula is C26H22N8O4S. The number of hydrogen-bond donors (Lipinski definition) is 3. The predicted molar refractivity (Wildman–Crippen MR) is 144 cm³/mol. The van der Waals surface area contributed by atoms with Crippen LogP contribution in [0.1, 0.15) is 28.9 Å². The Morgan fingerprint density at radius 3 is 2.72 bits per heavy atom. The minimum atomic E-state index is -0.463. The van der Waals surface area contributed by atoms with Crippen LogP contribution in [-0.4, -0.2) is 50.1 Å². The lowest BCUT2D eigenvalue weighted by atomic mass is 10.1. The van der Waals surface area contributed by atoms with E-state index in [1.54, 1.807) is 42.7 Å². The van der Waals surface area contributed by atoms with E-state index < -0.39 is 6.03 Å². The molecule has 39 heavy (non-hydrogen) atoms. The van der Waals surface area contributed by atoms with E-state index in [4.69, 9.17) is 4.74 Å². The van der Waals surface area contributed by atoms with Gasteiger partial charge in [0.25, 0.3) is 5.91 Å². The number of hydrogen-bond acceptors (Lipinski definition) is 9. The van der Waals surface area contributed by atoms with Crippen LogP contribution in [0.15, 0.2) is 61.6 Å². The van der Waals surface area contributed by atoms with Gasteiger partial charge in [0, 0.05) is 30.5 Å². The van der Waals surface area contributed by atoms with E-state index >= 15 is 0 Å². The lowest BCUT2D eigenvalue weighted by Gasteiger charge is -2.27. The number of rotatable bonds is 7. The molecule has 0 aromatic carbocycles. The van der Waals surface area contributed by atoms with Crippen LogP contribution in [0.3, 0.4) is 0 Å². The largest absolute Gasteiger partial charge is 0.436 e. The number of thiophene rings is 1. The minimum Gasteiger partial charge on any atom is -0.436 e. The highest BCUT2D eigenvalue weighted by molar-refractivity contribution is 7.21. The van der Waals surface area contributed by atoms with Gasteiger partial charge in [0.1, 0.15) is 21.3 Å². The Hall–Kier alpha value is -4.91. The Bertz CT molecular complexity index is 1590. The van der Waals surface area contributed by atoms with Crippen molar-refractivity contribution in [2.75, 3.05) is 10.2 Å². The summed E-state index contributed by atoms with van der Waals surface area (Å²) in [5.41, 5.74) is 0.963. The Labute approximate surface area is 226 Å². The van der Waals surface area contributed by atoms with Gasteiger partial charge in [-0.2, -0.15) is 5.10 Å². The molecule has 0 radical (unpaired) electrons. The molecule has 196 valence electrons. The number of carbonyl (C=O) groups excluding carboxylic acids is 3. The smallest absolute Gasteiger partial charge is 0.332 e. The van der Waals surface area contributed by atoms with Crippen molar-refractivity contribution in [1.29, 1.82) is 0 Å². The van der Waals surface area contributed by atoms with Crippen LogP contribution in [-0.2, 0) is 4.79 Å². The van der Waals surface area contributed by atoms with Gasteiger partial charge in [-0.25, -0.2) is 19.7 Å². The van der Waals surface area contributed by atoms with Gasteiger partial charge in [0.05, 0.1) is 23.0 Å². The third-order valence-corrected chi connectivity index (χ3v) is 7.61. The van der Waals surface area contributed by atoms with Gasteiger partial charge in [-0.3, -0.25) is 9.59 Å². The Kier molecular flexibility index (Phi) is 6.32. The van der Waals surface area contributed by atoms with E-state index in [0.29, 0.717) is 43.9 Å². The molecule has 4 amide bonds. The highest BCUT2D eigenvalue weighted by Crippen LogP contribution is 2.45. The second-order valence-electron chi connectivity index (χ2n) is 8.93. The van der Waals surface area contributed by atoms with Crippen LogP contribution in [0.25, 0.3) is 10.2 Å². The zero-order valence-corrected chi connectivity index (χ0v) is 21.3.